The maximum atomic E-state index is 11.8. The van der Waals surface area contributed by atoms with Crippen molar-refractivity contribution in [2.75, 3.05) is 0 Å². The van der Waals surface area contributed by atoms with Gasteiger partial charge in [0, 0.05) is 36.2 Å². The van der Waals surface area contributed by atoms with Gasteiger partial charge in [-0.2, -0.15) is 10.2 Å². The molecule has 0 spiro atoms. The van der Waals surface area contributed by atoms with Crippen LogP contribution < -0.4 is 15.3 Å². The van der Waals surface area contributed by atoms with Gasteiger partial charge < -0.3 is 25.9 Å². The van der Waals surface area contributed by atoms with Crippen molar-refractivity contribution in [1.29, 1.82) is 0 Å². The molecule has 8 nitrogen and oxygen atoms in total. The minimum Gasteiger partial charge on any atom is -2.00 e. The smallest absolute Gasteiger partial charge is 0.123 e. The summed E-state index contributed by atoms with van der Waals surface area (Å²) in [7, 11) is 0. The van der Waals surface area contributed by atoms with E-state index in [2.05, 4.69) is 15.2 Å². The molecule has 4 rings (SSSR count). The van der Waals surface area contributed by atoms with Gasteiger partial charge in [-0.3, -0.25) is 4.98 Å². The van der Waals surface area contributed by atoms with Gasteiger partial charge in [-0.15, -0.1) is 0 Å². The van der Waals surface area contributed by atoms with E-state index >= 15 is 0 Å². The molecule has 0 atom stereocenters. The fourth-order valence-electron chi connectivity index (χ4n) is 2.89. The molecule has 1 N–H and O–H groups in total. The summed E-state index contributed by atoms with van der Waals surface area (Å²) < 4.78 is 0. The number of pyridine rings is 1. The quantitative estimate of drug-likeness (QED) is 0.264. The maximum Gasteiger partial charge on any atom is 0.123 e. The zero-order valence-corrected chi connectivity index (χ0v) is 19.8. The second-order valence-corrected chi connectivity index (χ2v) is 6.94. The van der Waals surface area contributed by atoms with Crippen molar-refractivity contribution in [2.45, 2.75) is 13.8 Å². The molecule has 1 heterocycles. The van der Waals surface area contributed by atoms with Crippen molar-refractivity contribution in [1.82, 2.24) is 4.98 Å². The van der Waals surface area contributed by atoms with Gasteiger partial charge >= 0.3 is 0 Å². The predicted octanol–water partition coefficient (Wildman–Crippen LogP) is 2.49. The van der Waals surface area contributed by atoms with Crippen molar-refractivity contribution < 1.29 is 44.5 Å². The Labute approximate surface area is 208 Å². The number of aromatic hydroxyl groups is 1. The zero-order chi connectivity index (χ0) is 23.1. The largest absolute Gasteiger partial charge is 2.00 e. The summed E-state index contributed by atoms with van der Waals surface area (Å²) in [5.74, 6) is -0.998. The van der Waals surface area contributed by atoms with Crippen LogP contribution in [0.3, 0.4) is 0 Å². The number of benzene rings is 3. The van der Waals surface area contributed by atoms with E-state index in [1.54, 1.807) is 43.5 Å². The summed E-state index contributed by atoms with van der Waals surface area (Å²) in [5.41, 5.74) is 2.30. The monoisotopic (exact) mass is 493 g/mol. The van der Waals surface area contributed by atoms with Crippen molar-refractivity contribution in [2.24, 2.45) is 10.2 Å². The average molecular weight is 493 g/mol. The van der Waals surface area contributed by atoms with Crippen LogP contribution in [0.1, 0.15) is 23.6 Å². The summed E-state index contributed by atoms with van der Waals surface area (Å²) in [6.07, 6.45) is 1.63. The number of fused-ring (bicyclic) bond motifs is 1. The normalized spacial score (nSPS) is 11.0. The molecule has 175 valence electrons. The van der Waals surface area contributed by atoms with Gasteiger partial charge in [-0.25, -0.2) is 0 Å². The van der Waals surface area contributed by atoms with E-state index in [0.717, 1.165) is 10.9 Å². The molecule has 0 aliphatic heterocycles. The molecule has 0 amide bonds. The van der Waals surface area contributed by atoms with Gasteiger partial charge in [-0.1, -0.05) is 77.7 Å². The van der Waals surface area contributed by atoms with Crippen molar-refractivity contribution >= 4 is 22.5 Å². The zero-order valence-electron chi connectivity index (χ0n) is 18.4. The SMILES string of the molecule is C/C(=N\N=C(/[O-])c1ccccc1O)c1cc(C)ccc1[O-].[O-2].[O-]c1cccc2cccnc12.[V]. The van der Waals surface area contributed by atoms with E-state index in [0.29, 0.717) is 16.8 Å². The summed E-state index contributed by atoms with van der Waals surface area (Å²) in [6.45, 7) is 3.47. The number of phenols is 1. The molecule has 9 heteroatoms. The van der Waals surface area contributed by atoms with Gasteiger partial charge in [0.05, 0.1) is 11.2 Å². The van der Waals surface area contributed by atoms with E-state index < -0.39 is 5.90 Å². The van der Waals surface area contributed by atoms with E-state index in [-0.39, 0.29) is 46.8 Å². The third-order valence-electron chi connectivity index (χ3n) is 4.55. The summed E-state index contributed by atoms with van der Waals surface area (Å²) in [6, 6.07) is 19.8. The average Bonchev–Trinajstić information content (AvgIpc) is 2.80. The first-order valence-corrected chi connectivity index (χ1v) is 9.73. The third kappa shape index (κ3) is 7.08. The first-order chi connectivity index (χ1) is 15.4. The molecule has 0 fully saturated rings. The summed E-state index contributed by atoms with van der Waals surface area (Å²) in [5, 5.41) is 52.5. The Balaban J connectivity index is 0.000000376. The van der Waals surface area contributed by atoms with Crippen LogP contribution in [0.4, 0.5) is 0 Å². The van der Waals surface area contributed by atoms with Crippen molar-refractivity contribution in [3.63, 3.8) is 0 Å². The molecule has 0 bridgehead atoms. The molecular formula is C25H20N3O5V-5. The number of aromatic nitrogens is 1. The van der Waals surface area contributed by atoms with Gasteiger partial charge in [0.25, 0.3) is 0 Å². The van der Waals surface area contributed by atoms with Crippen LogP contribution >= 0.6 is 0 Å². The summed E-state index contributed by atoms with van der Waals surface area (Å²) >= 11 is 0. The Morgan fingerprint density at radius 1 is 0.853 bits per heavy atom. The molecule has 34 heavy (non-hydrogen) atoms. The number of nitrogens with zero attached hydrogens (tertiary/aromatic N) is 3. The first-order valence-electron chi connectivity index (χ1n) is 9.73. The Kier molecular flexibility index (Phi) is 10.8. The standard InChI is InChI=1S/C16H16N2O3.C9H7NO.O.V/c1-10-7-8-15(20)13(9-10)11(2)17-18-16(21)12-5-3-4-6-14(12)19;11-8-5-1-3-7-4-2-6-10-9(7)8;;/h3-9,19-20H,1-2H3,(H,18,21);1-6,11H;;/q;;-2;/p-3/b17-11+;;;. The Bertz CT molecular complexity index is 1300. The molecule has 4 aromatic rings. The second-order valence-electron chi connectivity index (χ2n) is 6.94. The van der Waals surface area contributed by atoms with E-state index in [1.807, 2.05) is 25.1 Å². The van der Waals surface area contributed by atoms with Crippen LogP contribution in [0.25, 0.3) is 10.9 Å². The molecule has 0 unspecified atom stereocenters. The second kappa shape index (κ2) is 13.0. The molecular weight excluding hydrogens is 473 g/mol. The molecule has 0 aliphatic rings. The fraction of sp³-hybridized carbons (Fsp3) is 0.0800. The van der Waals surface area contributed by atoms with Crippen molar-refractivity contribution in [3.05, 3.63) is 95.7 Å². The van der Waals surface area contributed by atoms with Gasteiger partial charge in [0.1, 0.15) is 5.75 Å². The minimum absolute atomic E-state index is 0. The number of para-hydroxylation sites is 2. The number of rotatable bonds is 3. The first kappa shape index (κ1) is 28.2. The molecule has 0 saturated carbocycles. The van der Waals surface area contributed by atoms with Gasteiger partial charge in [-0.05, 0) is 36.9 Å². The summed E-state index contributed by atoms with van der Waals surface area (Å²) in [4.78, 5) is 3.97. The van der Waals surface area contributed by atoms with Crippen LogP contribution in [-0.2, 0) is 24.0 Å². The van der Waals surface area contributed by atoms with Gasteiger partial charge in [0.2, 0.25) is 0 Å². The van der Waals surface area contributed by atoms with Crippen LogP contribution in [-0.4, -0.2) is 21.7 Å². The molecule has 0 saturated heterocycles. The van der Waals surface area contributed by atoms with E-state index in [4.69, 9.17) is 0 Å². The predicted molar refractivity (Wildman–Crippen MR) is 119 cm³/mol. The van der Waals surface area contributed by atoms with Crippen LogP contribution in [0.15, 0.2) is 89.2 Å². The van der Waals surface area contributed by atoms with Crippen molar-refractivity contribution in [3.8, 4) is 17.2 Å². The van der Waals surface area contributed by atoms with Crippen LogP contribution in [0, 0.1) is 6.92 Å². The molecule has 1 aromatic heterocycles. The molecule has 0 aliphatic carbocycles. The third-order valence-corrected chi connectivity index (χ3v) is 4.55. The molecule has 1 radical (unpaired) electrons. The number of hydrogen-bond donors (Lipinski definition) is 1. The molecule has 3 aromatic carbocycles. The Morgan fingerprint density at radius 2 is 1.56 bits per heavy atom. The number of hydrogen-bond acceptors (Lipinski definition) is 7. The van der Waals surface area contributed by atoms with Crippen LogP contribution in [0.2, 0.25) is 0 Å². The van der Waals surface area contributed by atoms with E-state index in [1.165, 1.54) is 24.3 Å². The Morgan fingerprint density at radius 3 is 2.26 bits per heavy atom. The maximum absolute atomic E-state index is 11.8. The minimum atomic E-state index is -0.660. The van der Waals surface area contributed by atoms with Gasteiger partial charge in [0.15, 0.2) is 0 Å². The Hall–Kier alpha value is -3.85. The van der Waals surface area contributed by atoms with E-state index in [9.17, 15) is 20.4 Å². The van der Waals surface area contributed by atoms with Crippen LogP contribution in [0.5, 0.6) is 17.2 Å². The number of phenolic OH excluding ortho intramolecular Hbond substituents is 1. The fourth-order valence-corrected chi connectivity index (χ4v) is 2.89. The number of aryl methyl sites for hydroxylation is 1. The topological polar surface area (TPSA) is 156 Å².